The third-order valence-corrected chi connectivity index (χ3v) is 4.27. The summed E-state index contributed by atoms with van der Waals surface area (Å²) in [7, 11) is 0. The average Bonchev–Trinajstić information content (AvgIpc) is 2.22. The highest BCUT2D eigenvalue weighted by Crippen LogP contribution is 2.17. The summed E-state index contributed by atoms with van der Waals surface area (Å²) in [5.41, 5.74) is 0.277. The zero-order chi connectivity index (χ0) is 12.7. The van der Waals surface area contributed by atoms with Crippen LogP contribution in [-0.4, -0.2) is 47.6 Å². The molecule has 1 heterocycles. The first-order valence-electron chi connectivity index (χ1n) is 7.06. The zero-order valence-electron chi connectivity index (χ0n) is 12.1. The number of hydrogen-bond donors (Lipinski definition) is 1. The SMILES string of the molecule is CC1CN(CCCCCNC(C)(C)C)CCS1. The topological polar surface area (TPSA) is 15.3 Å². The molecule has 0 aromatic rings. The Hall–Kier alpha value is 0.270. The van der Waals surface area contributed by atoms with Crippen LogP contribution < -0.4 is 5.32 Å². The van der Waals surface area contributed by atoms with Crippen molar-refractivity contribution in [1.29, 1.82) is 0 Å². The summed E-state index contributed by atoms with van der Waals surface area (Å²) in [6, 6.07) is 0. The van der Waals surface area contributed by atoms with E-state index in [9.17, 15) is 0 Å². The Balaban J connectivity index is 1.93. The molecule has 1 unspecified atom stereocenters. The van der Waals surface area contributed by atoms with Gasteiger partial charge in [0.1, 0.15) is 0 Å². The van der Waals surface area contributed by atoms with Gasteiger partial charge in [0.2, 0.25) is 0 Å². The molecular weight excluding hydrogens is 228 g/mol. The van der Waals surface area contributed by atoms with Gasteiger partial charge in [-0.25, -0.2) is 0 Å². The summed E-state index contributed by atoms with van der Waals surface area (Å²) in [6.45, 7) is 14.1. The summed E-state index contributed by atoms with van der Waals surface area (Å²) in [5.74, 6) is 1.33. The lowest BCUT2D eigenvalue weighted by Gasteiger charge is -2.30. The quantitative estimate of drug-likeness (QED) is 0.737. The van der Waals surface area contributed by atoms with Crippen LogP contribution in [-0.2, 0) is 0 Å². The number of thioether (sulfide) groups is 1. The molecule has 1 aliphatic heterocycles. The van der Waals surface area contributed by atoms with Gasteiger partial charge in [-0.2, -0.15) is 11.8 Å². The van der Waals surface area contributed by atoms with Crippen LogP contribution in [0, 0.1) is 0 Å². The van der Waals surface area contributed by atoms with Crippen molar-refractivity contribution in [3.63, 3.8) is 0 Å². The molecule has 3 heteroatoms. The van der Waals surface area contributed by atoms with E-state index in [1.807, 2.05) is 0 Å². The van der Waals surface area contributed by atoms with Crippen molar-refractivity contribution in [1.82, 2.24) is 10.2 Å². The fraction of sp³-hybridized carbons (Fsp3) is 1.00. The highest BCUT2D eigenvalue weighted by Gasteiger charge is 2.15. The van der Waals surface area contributed by atoms with E-state index >= 15 is 0 Å². The summed E-state index contributed by atoms with van der Waals surface area (Å²) in [4.78, 5) is 2.64. The van der Waals surface area contributed by atoms with Gasteiger partial charge in [-0.15, -0.1) is 0 Å². The van der Waals surface area contributed by atoms with Crippen molar-refractivity contribution in [3.8, 4) is 0 Å². The normalized spacial score (nSPS) is 22.9. The van der Waals surface area contributed by atoms with E-state index in [1.54, 1.807) is 0 Å². The Morgan fingerprint density at radius 3 is 2.65 bits per heavy atom. The third-order valence-electron chi connectivity index (χ3n) is 3.13. The molecule has 2 nitrogen and oxygen atoms in total. The van der Waals surface area contributed by atoms with Gasteiger partial charge in [0.25, 0.3) is 0 Å². The molecule has 0 aromatic carbocycles. The Kier molecular flexibility index (Phi) is 6.90. The lowest BCUT2D eigenvalue weighted by Crippen LogP contribution is -2.37. The minimum absolute atomic E-state index is 0.277. The van der Waals surface area contributed by atoms with Crippen molar-refractivity contribution in [2.24, 2.45) is 0 Å². The Morgan fingerprint density at radius 1 is 1.24 bits per heavy atom. The summed E-state index contributed by atoms with van der Waals surface area (Å²) in [6.07, 6.45) is 4.04. The zero-order valence-corrected chi connectivity index (χ0v) is 12.9. The lowest BCUT2D eigenvalue weighted by molar-refractivity contribution is 0.278. The molecule has 0 amide bonds. The van der Waals surface area contributed by atoms with Crippen LogP contribution in [0.2, 0.25) is 0 Å². The molecule has 1 fully saturated rings. The second-order valence-electron chi connectivity index (χ2n) is 6.22. The maximum atomic E-state index is 3.55. The molecule has 1 aliphatic rings. The van der Waals surface area contributed by atoms with Gasteiger partial charge in [0.15, 0.2) is 0 Å². The summed E-state index contributed by atoms with van der Waals surface area (Å²) in [5, 5.41) is 4.39. The fourth-order valence-electron chi connectivity index (χ4n) is 2.19. The van der Waals surface area contributed by atoms with E-state index < -0.39 is 0 Å². The molecule has 0 aliphatic carbocycles. The first-order chi connectivity index (χ1) is 7.97. The predicted molar refractivity (Wildman–Crippen MR) is 80.0 cm³/mol. The molecule has 1 saturated heterocycles. The van der Waals surface area contributed by atoms with Gasteiger partial charge in [0.05, 0.1) is 0 Å². The second kappa shape index (κ2) is 7.65. The maximum absolute atomic E-state index is 3.55. The standard InChI is InChI=1S/C14H30N2S/c1-13-12-16(10-11-17-13)9-7-5-6-8-15-14(2,3)4/h13,15H,5-12H2,1-4H3. The van der Waals surface area contributed by atoms with E-state index in [0.717, 1.165) is 11.8 Å². The first kappa shape index (κ1) is 15.3. The van der Waals surface area contributed by atoms with Crippen LogP contribution in [0.25, 0.3) is 0 Å². The minimum atomic E-state index is 0.277. The van der Waals surface area contributed by atoms with E-state index in [2.05, 4.69) is 49.7 Å². The molecule has 0 radical (unpaired) electrons. The molecule has 102 valence electrons. The molecule has 1 atom stereocenters. The molecule has 0 spiro atoms. The number of rotatable bonds is 6. The average molecular weight is 258 g/mol. The molecule has 17 heavy (non-hydrogen) atoms. The van der Waals surface area contributed by atoms with Crippen LogP contribution in [0.4, 0.5) is 0 Å². The third kappa shape index (κ3) is 8.06. The second-order valence-corrected chi connectivity index (χ2v) is 7.77. The van der Waals surface area contributed by atoms with Gasteiger partial charge in [-0.1, -0.05) is 13.3 Å². The van der Waals surface area contributed by atoms with Crippen molar-refractivity contribution in [3.05, 3.63) is 0 Å². The number of hydrogen-bond acceptors (Lipinski definition) is 3. The van der Waals surface area contributed by atoms with Gasteiger partial charge in [-0.3, -0.25) is 0 Å². The maximum Gasteiger partial charge on any atom is 0.0147 e. The number of unbranched alkanes of at least 4 members (excludes halogenated alkanes) is 2. The smallest absolute Gasteiger partial charge is 0.0147 e. The van der Waals surface area contributed by atoms with Gasteiger partial charge < -0.3 is 10.2 Å². The highest BCUT2D eigenvalue weighted by atomic mass is 32.2. The Bertz CT molecular complexity index is 201. The van der Waals surface area contributed by atoms with Crippen LogP contribution in [0.15, 0.2) is 0 Å². The molecule has 0 bridgehead atoms. The van der Waals surface area contributed by atoms with Gasteiger partial charge in [0, 0.05) is 29.6 Å². The predicted octanol–water partition coefficient (Wildman–Crippen LogP) is 2.98. The Labute approximate surface area is 112 Å². The van der Waals surface area contributed by atoms with E-state index in [4.69, 9.17) is 0 Å². The van der Waals surface area contributed by atoms with Crippen LogP contribution in [0.3, 0.4) is 0 Å². The van der Waals surface area contributed by atoms with Gasteiger partial charge in [-0.05, 0) is 46.7 Å². The highest BCUT2D eigenvalue weighted by molar-refractivity contribution is 7.99. The minimum Gasteiger partial charge on any atom is -0.312 e. The van der Waals surface area contributed by atoms with Crippen molar-refractivity contribution >= 4 is 11.8 Å². The van der Waals surface area contributed by atoms with Crippen molar-refractivity contribution in [2.75, 3.05) is 31.9 Å². The van der Waals surface area contributed by atoms with Crippen LogP contribution in [0.5, 0.6) is 0 Å². The molecule has 0 saturated carbocycles. The van der Waals surface area contributed by atoms with Gasteiger partial charge >= 0.3 is 0 Å². The van der Waals surface area contributed by atoms with E-state index in [-0.39, 0.29) is 5.54 Å². The van der Waals surface area contributed by atoms with Crippen LogP contribution >= 0.6 is 11.8 Å². The number of nitrogens with one attached hydrogen (secondary N) is 1. The largest absolute Gasteiger partial charge is 0.312 e. The first-order valence-corrected chi connectivity index (χ1v) is 8.11. The fourth-order valence-corrected chi connectivity index (χ4v) is 3.28. The Morgan fingerprint density at radius 2 is 2.00 bits per heavy atom. The molecule has 0 aromatic heterocycles. The summed E-state index contributed by atoms with van der Waals surface area (Å²) >= 11 is 2.12. The van der Waals surface area contributed by atoms with Crippen molar-refractivity contribution in [2.45, 2.75) is 57.7 Å². The van der Waals surface area contributed by atoms with E-state index in [1.165, 1.54) is 44.6 Å². The summed E-state index contributed by atoms with van der Waals surface area (Å²) < 4.78 is 0. The van der Waals surface area contributed by atoms with E-state index in [0.29, 0.717) is 0 Å². The molecular formula is C14H30N2S. The lowest BCUT2D eigenvalue weighted by atomic mass is 10.1. The number of nitrogens with zero attached hydrogens (tertiary/aromatic N) is 1. The molecule has 1 N–H and O–H groups in total. The molecule has 1 rings (SSSR count). The van der Waals surface area contributed by atoms with Crippen molar-refractivity contribution < 1.29 is 0 Å². The monoisotopic (exact) mass is 258 g/mol. The van der Waals surface area contributed by atoms with Crippen LogP contribution in [0.1, 0.15) is 47.0 Å².